The second-order valence-electron chi connectivity index (χ2n) is 2.32. The molecule has 1 aliphatic carbocycles. The second-order valence-corrected chi connectivity index (χ2v) is 3.54. The van der Waals surface area contributed by atoms with Gasteiger partial charge < -0.3 is 5.11 Å². The molecule has 0 saturated heterocycles. The monoisotopic (exact) mass is 238 g/mol. The van der Waals surface area contributed by atoms with Gasteiger partial charge >= 0.3 is 5.97 Å². The largest absolute Gasteiger partial charge is 0.478 e. The molecule has 0 amide bonds. The van der Waals surface area contributed by atoms with Crippen molar-refractivity contribution in [2.75, 3.05) is 0 Å². The Morgan fingerprint density at radius 2 is 2.33 bits per heavy atom. The molecule has 0 heterocycles. The Bertz CT molecular complexity index is 271. The highest BCUT2D eigenvalue weighted by molar-refractivity contribution is 9.10. The van der Waals surface area contributed by atoms with Gasteiger partial charge in [0.25, 0.3) is 0 Å². The minimum Gasteiger partial charge on any atom is -0.478 e. The van der Waals surface area contributed by atoms with E-state index in [9.17, 15) is 13.6 Å². The molecule has 1 N–H and O–H groups in total. The summed E-state index contributed by atoms with van der Waals surface area (Å²) in [5, 5.41) is 8.41. The number of aliphatic carboxylic acids is 1. The Kier molecular flexibility index (Phi) is 2.32. The lowest BCUT2D eigenvalue weighted by Gasteiger charge is -2.21. The topological polar surface area (TPSA) is 37.3 Å². The molecule has 5 heteroatoms. The normalized spacial score (nSPS) is 34.6. The predicted octanol–water partition coefficient (Wildman–Crippen LogP) is 1.97. The van der Waals surface area contributed by atoms with Gasteiger partial charge in [-0.25, -0.2) is 13.6 Å². The van der Waals surface area contributed by atoms with E-state index in [-0.39, 0.29) is 0 Å². The SMILES string of the molecule is O=C(O)C1=CC=CC(F)(Br)C1F. The minimum absolute atomic E-state index is 0.586. The van der Waals surface area contributed by atoms with E-state index in [0.29, 0.717) is 0 Å². The number of hydrogen-bond donors (Lipinski definition) is 1. The van der Waals surface area contributed by atoms with Crippen LogP contribution in [0.5, 0.6) is 0 Å². The van der Waals surface area contributed by atoms with Crippen molar-refractivity contribution in [1.29, 1.82) is 0 Å². The van der Waals surface area contributed by atoms with E-state index >= 15 is 0 Å². The van der Waals surface area contributed by atoms with Gasteiger partial charge in [-0.3, -0.25) is 0 Å². The maximum Gasteiger partial charge on any atom is 0.334 e. The van der Waals surface area contributed by atoms with Crippen LogP contribution in [-0.4, -0.2) is 21.8 Å². The highest BCUT2D eigenvalue weighted by Crippen LogP contribution is 2.35. The van der Waals surface area contributed by atoms with Crippen LogP contribution >= 0.6 is 15.9 Å². The van der Waals surface area contributed by atoms with Crippen molar-refractivity contribution >= 4 is 21.9 Å². The summed E-state index contributed by atoms with van der Waals surface area (Å²) >= 11 is 2.43. The molecular formula is C7H5BrF2O2. The first-order valence-corrected chi connectivity index (χ1v) is 3.89. The Balaban J connectivity index is 2.99. The number of hydrogen-bond acceptors (Lipinski definition) is 1. The summed E-state index contributed by atoms with van der Waals surface area (Å²) in [6.45, 7) is 0. The average Bonchev–Trinajstić information content (AvgIpc) is 1.94. The molecule has 0 bridgehead atoms. The molecule has 12 heavy (non-hydrogen) atoms. The summed E-state index contributed by atoms with van der Waals surface area (Å²) in [7, 11) is 0. The molecule has 0 aliphatic heterocycles. The molecule has 0 radical (unpaired) electrons. The first-order valence-electron chi connectivity index (χ1n) is 3.10. The molecule has 2 unspecified atom stereocenters. The van der Waals surface area contributed by atoms with Gasteiger partial charge in [0.1, 0.15) is 0 Å². The van der Waals surface area contributed by atoms with E-state index in [1.54, 1.807) is 0 Å². The van der Waals surface area contributed by atoms with Crippen molar-refractivity contribution in [2.45, 2.75) is 10.7 Å². The molecule has 0 saturated carbocycles. The lowest BCUT2D eigenvalue weighted by atomic mass is 10.0. The second kappa shape index (κ2) is 2.97. The number of alkyl halides is 3. The first-order chi connectivity index (χ1) is 5.45. The third-order valence-corrected chi connectivity index (χ3v) is 2.12. The van der Waals surface area contributed by atoms with E-state index in [4.69, 9.17) is 5.11 Å². The Morgan fingerprint density at radius 3 is 2.75 bits per heavy atom. The average molecular weight is 239 g/mol. The van der Waals surface area contributed by atoms with Crippen LogP contribution in [0.3, 0.4) is 0 Å². The number of carbonyl (C=O) groups is 1. The van der Waals surface area contributed by atoms with Crippen LogP contribution in [-0.2, 0) is 4.79 Å². The first kappa shape index (κ1) is 9.38. The lowest BCUT2D eigenvalue weighted by Crippen LogP contribution is -2.32. The van der Waals surface area contributed by atoms with Gasteiger partial charge in [0.2, 0.25) is 4.58 Å². The third-order valence-electron chi connectivity index (χ3n) is 1.45. The number of allylic oxidation sites excluding steroid dienone is 3. The van der Waals surface area contributed by atoms with Crippen LogP contribution in [0.2, 0.25) is 0 Å². The van der Waals surface area contributed by atoms with E-state index < -0.39 is 22.3 Å². The molecule has 0 aromatic rings. The molecule has 1 rings (SSSR count). The van der Waals surface area contributed by atoms with E-state index in [2.05, 4.69) is 15.9 Å². The molecule has 0 spiro atoms. The zero-order valence-electron chi connectivity index (χ0n) is 5.80. The lowest BCUT2D eigenvalue weighted by molar-refractivity contribution is -0.133. The van der Waals surface area contributed by atoms with Gasteiger partial charge in [-0.15, -0.1) is 0 Å². The molecule has 66 valence electrons. The predicted molar refractivity (Wildman–Crippen MR) is 42.5 cm³/mol. The van der Waals surface area contributed by atoms with Crippen molar-refractivity contribution in [2.24, 2.45) is 0 Å². The quantitative estimate of drug-likeness (QED) is 0.710. The molecule has 1 aliphatic rings. The van der Waals surface area contributed by atoms with E-state index in [1.165, 1.54) is 0 Å². The van der Waals surface area contributed by atoms with Crippen LogP contribution in [0, 0.1) is 0 Å². The van der Waals surface area contributed by atoms with Crippen molar-refractivity contribution in [1.82, 2.24) is 0 Å². The summed E-state index contributed by atoms with van der Waals surface area (Å²) in [5.74, 6) is -1.45. The standard InChI is InChI=1S/C7H5BrF2O2/c8-7(10)3-1-2-4(5(7)9)6(11)12/h1-3,5H,(H,11,12). The zero-order valence-corrected chi connectivity index (χ0v) is 7.38. The summed E-state index contributed by atoms with van der Waals surface area (Å²) in [6.07, 6.45) is 0.949. The molecule has 2 nitrogen and oxygen atoms in total. The summed E-state index contributed by atoms with van der Waals surface area (Å²) in [5.41, 5.74) is -0.586. The fourth-order valence-electron chi connectivity index (χ4n) is 0.836. The van der Waals surface area contributed by atoms with Crippen LogP contribution in [0.4, 0.5) is 8.78 Å². The van der Waals surface area contributed by atoms with Crippen LogP contribution < -0.4 is 0 Å². The number of rotatable bonds is 1. The van der Waals surface area contributed by atoms with Gasteiger partial charge in [0, 0.05) is 0 Å². The van der Waals surface area contributed by atoms with E-state index in [0.717, 1.165) is 18.2 Å². The Hall–Kier alpha value is -0.710. The van der Waals surface area contributed by atoms with Gasteiger partial charge in [-0.05, 0) is 28.1 Å². The maximum absolute atomic E-state index is 13.0. The Morgan fingerprint density at radius 1 is 1.75 bits per heavy atom. The maximum atomic E-state index is 13.0. The zero-order chi connectivity index (χ0) is 9.35. The summed E-state index contributed by atoms with van der Waals surface area (Å²) < 4.78 is 23.6. The molecule has 0 aromatic carbocycles. The van der Waals surface area contributed by atoms with Crippen molar-refractivity contribution in [3.63, 3.8) is 0 Å². The fraction of sp³-hybridized carbons (Fsp3) is 0.286. The molecular weight excluding hydrogens is 234 g/mol. The number of carboxylic acids is 1. The number of halogens is 3. The van der Waals surface area contributed by atoms with Gasteiger partial charge in [0.05, 0.1) is 5.57 Å². The van der Waals surface area contributed by atoms with Gasteiger partial charge in [-0.1, -0.05) is 6.08 Å². The fourth-order valence-corrected chi connectivity index (χ4v) is 1.24. The Labute approximate surface area is 75.7 Å². The van der Waals surface area contributed by atoms with Crippen molar-refractivity contribution in [3.05, 3.63) is 23.8 Å². The number of carboxylic acid groups (broad SMARTS) is 1. The van der Waals surface area contributed by atoms with E-state index in [1.807, 2.05) is 0 Å². The molecule has 2 atom stereocenters. The smallest absolute Gasteiger partial charge is 0.334 e. The highest BCUT2D eigenvalue weighted by Gasteiger charge is 2.41. The minimum atomic E-state index is -2.39. The molecule has 0 aromatic heterocycles. The third kappa shape index (κ3) is 1.55. The summed E-state index contributed by atoms with van der Waals surface area (Å²) in [6, 6.07) is 0. The summed E-state index contributed by atoms with van der Waals surface area (Å²) in [4.78, 5) is 10.3. The van der Waals surface area contributed by atoms with Gasteiger partial charge in [-0.2, -0.15) is 0 Å². The molecule has 0 fully saturated rings. The van der Waals surface area contributed by atoms with Crippen LogP contribution in [0.1, 0.15) is 0 Å². The van der Waals surface area contributed by atoms with Crippen LogP contribution in [0.15, 0.2) is 23.8 Å². The van der Waals surface area contributed by atoms with Gasteiger partial charge in [0.15, 0.2) is 6.17 Å². The van der Waals surface area contributed by atoms with Crippen LogP contribution in [0.25, 0.3) is 0 Å². The van der Waals surface area contributed by atoms with Crippen molar-refractivity contribution < 1.29 is 18.7 Å². The highest BCUT2D eigenvalue weighted by atomic mass is 79.9. The van der Waals surface area contributed by atoms with Crippen molar-refractivity contribution in [3.8, 4) is 0 Å².